The number of nitriles is 1. The van der Waals surface area contributed by atoms with Crippen molar-refractivity contribution < 1.29 is 19.1 Å². The van der Waals surface area contributed by atoms with Crippen molar-refractivity contribution in [2.24, 2.45) is 0 Å². The standard InChI is InChI=1S/C27H24ClN3O4/c1-18(20-8-4-3-5-9-20)30-27(33)21(16-29)14-19-12-13-24(25(15-19)34-2)35-17-26(32)31-23-11-7-6-10-22(23)28/h3-15,18H,17H2,1-2H3,(H,30,33)(H,31,32)/b21-14+. The minimum atomic E-state index is -0.487. The molecule has 3 rings (SSSR count). The Morgan fingerprint density at radius 2 is 1.77 bits per heavy atom. The highest BCUT2D eigenvalue weighted by molar-refractivity contribution is 6.33. The summed E-state index contributed by atoms with van der Waals surface area (Å²) in [6.07, 6.45) is 1.46. The SMILES string of the molecule is COc1cc(/C=C(\C#N)C(=O)NC(C)c2ccccc2)ccc1OCC(=O)Nc1ccccc1Cl. The van der Waals surface area contributed by atoms with Crippen LogP contribution in [0.1, 0.15) is 24.1 Å². The van der Waals surface area contributed by atoms with Gasteiger partial charge >= 0.3 is 0 Å². The first-order chi connectivity index (χ1) is 16.9. The van der Waals surface area contributed by atoms with Crippen molar-refractivity contribution in [3.8, 4) is 17.6 Å². The lowest BCUT2D eigenvalue weighted by Crippen LogP contribution is -2.27. The maximum atomic E-state index is 12.6. The van der Waals surface area contributed by atoms with E-state index in [9.17, 15) is 14.9 Å². The number of hydrogen-bond acceptors (Lipinski definition) is 5. The molecule has 1 atom stereocenters. The predicted octanol–water partition coefficient (Wildman–Crippen LogP) is 5.15. The Morgan fingerprint density at radius 3 is 2.46 bits per heavy atom. The maximum absolute atomic E-state index is 12.6. The van der Waals surface area contributed by atoms with Crippen LogP contribution in [0.5, 0.6) is 11.5 Å². The van der Waals surface area contributed by atoms with Gasteiger partial charge in [0.25, 0.3) is 11.8 Å². The number of amides is 2. The largest absolute Gasteiger partial charge is 0.493 e. The zero-order valence-electron chi connectivity index (χ0n) is 19.2. The molecule has 2 N–H and O–H groups in total. The average Bonchev–Trinajstić information content (AvgIpc) is 2.88. The van der Waals surface area contributed by atoms with E-state index < -0.39 is 5.91 Å². The highest BCUT2D eigenvalue weighted by Crippen LogP contribution is 2.29. The van der Waals surface area contributed by atoms with Crippen LogP contribution in [-0.2, 0) is 9.59 Å². The molecular formula is C27H24ClN3O4. The average molecular weight is 490 g/mol. The summed E-state index contributed by atoms with van der Waals surface area (Å²) < 4.78 is 11.0. The molecule has 0 aliphatic heterocycles. The molecule has 7 nitrogen and oxygen atoms in total. The van der Waals surface area contributed by atoms with E-state index >= 15 is 0 Å². The fourth-order valence-electron chi connectivity index (χ4n) is 3.20. The van der Waals surface area contributed by atoms with E-state index in [0.717, 1.165) is 5.56 Å². The van der Waals surface area contributed by atoms with E-state index in [1.807, 2.05) is 43.3 Å². The number of halogens is 1. The van der Waals surface area contributed by atoms with Gasteiger partial charge in [-0.3, -0.25) is 9.59 Å². The van der Waals surface area contributed by atoms with Gasteiger partial charge < -0.3 is 20.1 Å². The van der Waals surface area contributed by atoms with Gasteiger partial charge in [0.2, 0.25) is 0 Å². The van der Waals surface area contributed by atoms with Crippen LogP contribution in [0, 0.1) is 11.3 Å². The minimum Gasteiger partial charge on any atom is -0.493 e. The second kappa shape index (κ2) is 12.3. The number of methoxy groups -OCH3 is 1. The zero-order chi connectivity index (χ0) is 25.2. The maximum Gasteiger partial charge on any atom is 0.262 e. The molecule has 0 spiro atoms. The molecular weight excluding hydrogens is 466 g/mol. The molecule has 35 heavy (non-hydrogen) atoms. The molecule has 0 saturated carbocycles. The molecule has 3 aromatic rings. The van der Waals surface area contributed by atoms with E-state index in [1.165, 1.54) is 13.2 Å². The van der Waals surface area contributed by atoms with Crippen molar-refractivity contribution in [3.63, 3.8) is 0 Å². The molecule has 0 fully saturated rings. The molecule has 0 aliphatic carbocycles. The summed E-state index contributed by atoms with van der Waals surface area (Å²) in [6.45, 7) is 1.58. The second-order valence-electron chi connectivity index (χ2n) is 7.50. The molecule has 0 bridgehead atoms. The summed E-state index contributed by atoms with van der Waals surface area (Å²) in [5.41, 5.74) is 1.93. The normalized spacial score (nSPS) is 11.7. The highest BCUT2D eigenvalue weighted by atomic mass is 35.5. The van der Waals surface area contributed by atoms with E-state index in [2.05, 4.69) is 10.6 Å². The predicted molar refractivity (Wildman–Crippen MR) is 135 cm³/mol. The number of benzene rings is 3. The lowest BCUT2D eigenvalue weighted by Gasteiger charge is -2.14. The number of carbonyl (C=O) groups excluding carboxylic acids is 2. The van der Waals surface area contributed by atoms with Crippen molar-refractivity contribution in [1.82, 2.24) is 5.32 Å². The summed E-state index contributed by atoms with van der Waals surface area (Å²) in [5.74, 6) is -0.196. The Kier molecular flexibility index (Phi) is 8.88. The number of hydrogen-bond donors (Lipinski definition) is 2. The van der Waals surface area contributed by atoms with Gasteiger partial charge in [0.15, 0.2) is 18.1 Å². The molecule has 0 saturated heterocycles. The van der Waals surface area contributed by atoms with Gasteiger partial charge in [-0.25, -0.2) is 0 Å². The third-order valence-corrected chi connectivity index (χ3v) is 5.35. The lowest BCUT2D eigenvalue weighted by molar-refractivity contribution is -0.118. The van der Waals surface area contributed by atoms with E-state index in [-0.39, 0.29) is 24.1 Å². The summed E-state index contributed by atoms with van der Waals surface area (Å²) >= 11 is 6.05. The van der Waals surface area contributed by atoms with Crippen LogP contribution in [-0.4, -0.2) is 25.5 Å². The smallest absolute Gasteiger partial charge is 0.262 e. The van der Waals surface area contributed by atoms with Crippen LogP contribution in [0.2, 0.25) is 5.02 Å². The number of nitrogens with zero attached hydrogens (tertiary/aromatic N) is 1. The van der Waals surface area contributed by atoms with Gasteiger partial charge in [-0.15, -0.1) is 0 Å². The van der Waals surface area contributed by atoms with E-state index in [1.54, 1.807) is 42.5 Å². The first-order valence-electron chi connectivity index (χ1n) is 10.7. The molecule has 0 aliphatic rings. The van der Waals surface area contributed by atoms with Crippen LogP contribution < -0.4 is 20.1 Å². The topological polar surface area (TPSA) is 100 Å². The third kappa shape index (κ3) is 7.10. The van der Waals surface area contributed by atoms with Crippen LogP contribution in [0.25, 0.3) is 6.08 Å². The number of nitrogens with one attached hydrogen (secondary N) is 2. The summed E-state index contributed by atoms with van der Waals surface area (Å²) in [6, 6.07) is 22.9. The van der Waals surface area contributed by atoms with E-state index in [4.69, 9.17) is 21.1 Å². The van der Waals surface area contributed by atoms with Crippen molar-refractivity contribution >= 4 is 35.2 Å². The van der Waals surface area contributed by atoms with Crippen molar-refractivity contribution in [2.45, 2.75) is 13.0 Å². The summed E-state index contributed by atoms with van der Waals surface area (Å²) in [7, 11) is 1.46. The van der Waals surface area contributed by atoms with Gasteiger partial charge in [-0.2, -0.15) is 5.26 Å². The lowest BCUT2D eigenvalue weighted by atomic mass is 10.1. The molecule has 0 heterocycles. The summed E-state index contributed by atoms with van der Waals surface area (Å²) in [4.78, 5) is 24.9. The summed E-state index contributed by atoms with van der Waals surface area (Å²) in [5, 5.41) is 15.4. The van der Waals surface area contributed by atoms with Gasteiger partial charge in [0.05, 0.1) is 23.9 Å². The van der Waals surface area contributed by atoms with Gasteiger partial charge in [-0.05, 0) is 48.4 Å². The third-order valence-electron chi connectivity index (χ3n) is 5.02. The fraction of sp³-hybridized carbons (Fsp3) is 0.148. The number of rotatable bonds is 9. The van der Waals surface area contributed by atoms with E-state index in [0.29, 0.717) is 27.8 Å². The number of para-hydroxylation sites is 1. The van der Waals surface area contributed by atoms with Crippen molar-refractivity contribution in [2.75, 3.05) is 19.0 Å². The first kappa shape index (κ1) is 25.3. The fourth-order valence-corrected chi connectivity index (χ4v) is 3.38. The Labute approximate surface area is 208 Å². The molecule has 0 aromatic heterocycles. The monoisotopic (exact) mass is 489 g/mol. The second-order valence-corrected chi connectivity index (χ2v) is 7.91. The molecule has 2 amide bonds. The molecule has 1 unspecified atom stereocenters. The molecule has 8 heteroatoms. The van der Waals surface area contributed by atoms with Gasteiger partial charge in [-0.1, -0.05) is 60.1 Å². The van der Waals surface area contributed by atoms with Crippen LogP contribution in [0.3, 0.4) is 0 Å². The van der Waals surface area contributed by atoms with Crippen molar-refractivity contribution in [1.29, 1.82) is 5.26 Å². The van der Waals surface area contributed by atoms with Crippen LogP contribution >= 0.6 is 11.6 Å². The number of carbonyl (C=O) groups is 2. The van der Waals surface area contributed by atoms with Gasteiger partial charge in [0, 0.05) is 0 Å². The van der Waals surface area contributed by atoms with Crippen LogP contribution in [0.4, 0.5) is 5.69 Å². The first-order valence-corrected chi connectivity index (χ1v) is 11.1. The quantitative estimate of drug-likeness (QED) is 0.320. The Bertz CT molecular complexity index is 1270. The van der Waals surface area contributed by atoms with Crippen molar-refractivity contribution in [3.05, 3.63) is 94.5 Å². The highest BCUT2D eigenvalue weighted by Gasteiger charge is 2.15. The Balaban J connectivity index is 1.67. The Morgan fingerprint density at radius 1 is 1.06 bits per heavy atom. The van der Waals surface area contributed by atoms with Gasteiger partial charge in [0.1, 0.15) is 11.6 Å². The number of ether oxygens (including phenoxy) is 2. The zero-order valence-corrected chi connectivity index (χ0v) is 20.0. The van der Waals surface area contributed by atoms with Crippen LogP contribution in [0.15, 0.2) is 78.4 Å². The Hall–Kier alpha value is -4.28. The molecule has 3 aromatic carbocycles. The molecule has 0 radical (unpaired) electrons. The number of anilines is 1. The minimum absolute atomic E-state index is 0.0531. The molecule has 178 valence electrons.